The maximum Gasteiger partial charge on any atom is 0.152 e. The third-order valence-electron chi connectivity index (χ3n) is 4.32. The molecule has 1 aliphatic carbocycles. The average molecular weight is 319 g/mol. The van der Waals surface area contributed by atoms with Gasteiger partial charge in [-0.2, -0.15) is 0 Å². The van der Waals surface area contributed by atoms with Crippen LogP contribution in [0.3, 0.4) is 0 Å². The summed E-state index contributed by atoms with van der Waals surface area (Å²) in [5.74, 6) is 0.891. The van der Waals surface area contributed by atoms with E-state index in [4.69, 9.17) is 0 Å². The maximum absolute atomic E-state index is 13.3. The van der Waals surface area contributed by atoms with Gasteiger partial charge in [0.15, 0.2) is 5.70 Å². The van der Waals surface area contributed by atoms with Crippen LogP contribution < -0.4 is 9.88 Å². The SMILES string of the molecule is CN(C)C1=CC2=C3C(=c4ncsc4=CC[N+]3([O-])CCS2)C1. The van der Waals surface area contributed by atoms with Gasteiger partial charge >= 0.3 is 0 Å². The minimum absolute atomic E-state index is 0.210. The summed E-state index contributed by atoms with van der Waals surface area (Å²) in [7, 11) is 4.13. The molecule has 0 spiro atoms. The fraction of sp³-hybridized carbons (Fsp3) is 0.400. The fourth-order valence-electron chi connectivity index (χ4n) is 3.18. The first-order valence-corrected chi connectivity index (χ1v) is 8.92. The van der Waals surface area contributed by atoms with Crippen molar-refractivity contribution in [2.45, 2.75) is 6.42 Å². The summed E-state index contributed by atoms with van der Waals surface area (Å²) in [5.41, 5.74) is 5.26. The highest BCUT2D eigenvalue weighted by molar-refractivity contribution is 8.03. The molecule has 0 amide bonds. The van der Waals surface area contributed by atoms with E-state index in [1.807, 2.05) is 17.3 Å². The van der Waals surface area contributed by atoms with Gasteiger partial charge < -0.3 is 14.8 Å². The van der Waals surface area contributed by atoms with Crippen LogP contribution in [-0.2, 0) is 0 Å². The summed E-state index contributed by atoms with van der Waals surface area (Å²) < 4.78 is 0.947. The first-order valence-electron chi connectivity index (χ1n) is 7.05. The Morgan fingerprint density at radius 3 is 3.05 bits per heavy atom. The van der Waals surface area contributed by atoms with E-state index in [9.17, 15) is 5.21 Å². The lowest BCUT2D eigenvalue weighted by Crippen LogP contribution is -2.46. The average Bonchev–Trinajstić information content (AvgIpc) is 2.88. The molecule has 1 atom stereocenters. The normalized spacial score (nSPS) is 27.4. The molecule has 0 saturated carbocycles. The van der Waals surface area contributed by atoms with Gasteiger partial charge in [-0.3, -0.25) is 0 Å². The standard InChI is InChI=1S/C15H17N3OS2/c1-17(2)10-7-11-14-12(21-9-16-14)3-4-18(19)5-6-20-13(8-10)15(11)18/h3,8-9H,4-7H2,1-2H3. The minimum Gasteiger partial charge on any atom is -0.627 e. The highest BCUT2D eigenvalue weighted by atomic mass is 32.2. The highest BCUT2D eigenvalue weighted by Gasteiger charge is 2.37. The molecule has 3 aliphatic rings. The molecule has 110 valence electrons. The third-order valence-corrected chi connectivity index (χ3v) is 6.15. The van der Waals surface area contributed by atoms with Crippen molar-refractivity contribution >= 4 is 34.7 Å². The van der Waals surface area contributed by atoms with E-state index in [0.717, 1.165) is 38.2 Å². The van der Waals surface area contributed by atoms with Crippen molar-refractivity contribution in [2.24, 2.45) is 0 Å². The van der Waals surface area contributed by atoms with E-state index >= 15 is 0 Å². The number of hydroxylamine groups is 3. The van der Waals surface area contributed by atoms with Crippen LogP contribution in [0.25, 0.3) is 11.6 Å². The number of allylic oxidation sites excluding steroid dienone is 3. The van der Waals surface area contributed by atoms with Crippen LogP contribution in [0.2, 0.25) is 0 Å². The highest BCUT2D eigenvalue weighted by Crippen LogP contribution is 2.44. The van der Waals surface area contributed by atoms with Gasteiger partial charge in [0.25, 0.3) is 0 Å². The van der Waals surface area contributed by atoms with Crippen molar-refractivity contribution in [3.8, 4) is 0 Å². The molecule has 6 heteroatoms. The van der Waals surface area contributed by atoms with Gasteiger partial charge in [0.2, 0.25) is 0 Å². The molecule has 2 aliphatic heterocycles. The maximum atomic E-state index is 13.3. The molecule has 0 N–H and O–H groups in total. The van der Waals surface area contributed by atoms with Crippen LogP contribution in [0.1, 0.15) is 6.42 Å². The number of aromatic nitrogens is 1. The van der Waals surface area contributed by atoms with Crippen molar-refractivity contribution in [1.29, 1.82) is 0 Å². The summed E-state index contributed by atoms with van der Waals surface area (Å²) in [6.07, 6.45) is 5.09. The Bertz CT molecular complexity index is 790. The van der Waals surface area contributed by atoms with Crippen LogP contribution in [0, 0.1) is 5.21 Å². The zero-order chi connectivity index (χ0) is 14.6. The van der Waals surface area contributed by atoms with Crippen molar-refractivity contribution in [3.05, 3.63) is 43.0 Å². The van der Waals surface area contributed by atoms with E-state index in [2.05, 4.69) is 36.1 Å². The van der Waals surface area contributed by atoms with Crippen LogP contribution in [0.5, 0.6) is 0 Å². The fourth-order valence-corrected chi connectivity index (χ4v) is 5.16. The van der Waals surface area contributed by atoms with Gasteiger partial charge in [-0.25, -0.2) is 4.98 Å². The van der Waals surface area contributed by atoms with Crippen molar-refractivity contribution in [3.63, 3.8) is 0 Å². The number of nitrogens with zero attached hydrogens (tertiary/aromatic N) is 3. The summed E-state index contributed by atoms with van der Waals surface area (Å²) >= 11 is 3.45. The Hall–Kier alpha value is -1.08. The number of rotatable bonds is 1. The summed E-state index contributed by atoms with van der Waals surface area (Å²) in [4.78, 5) is 7.86. The smallest absolute Gasteiger partial charge is 0.152 e. The van der Waals surface area contributed by atoms with Gasteiger partial charge in [0, 0.05) is 37.5 Å². The number of fused-ring (bicyclic) bond motifs is 1. The number of quaternary nitrogens is 1. The van der Waals surface area contributed by atoms with Crippen LogP contribution in [0.4, 0.5) is 0 Å². The molecule has 4 rings (SSSR count). The minimum atomic E-state index is -0.210. The lowest BCUT2D eigenvalue weighted by molar-refractivity contribution is -0.827. The van der Waals surface area contributed by atoms with Crippen LogP contribution in [-0.4, -0.2) is 47.5 Å². The monoisotopic (exact) mass is 319 g/mol. The Morgan fingerprint density at radius 1 is 1.38 bits per heavy atom. The predicted molar refractivity (Wildman–Crippen MR) is 88.5 cm³/mol. The first kappa shape index (κ1) is 13.6. The Morgan fingerprint density at radius 2 is 2.24 bits per heavy atom. The van der Waals surface area contributed by atoms with Crippen molar-refractivity contribution in [2.75, 3.05) is 32.9 Å². The van der Waals surface area contributed by atoms with E-state index < -0.39 is 0 Å². The topological polar surface area (TPSA) is 39.2 Å². The van der Waals surface area contributed by atoms with Gasteiger partial charge in [-0.15, -0.1) is 23.1 Å². The van der Waals surface area contributed by atoms with Crippen LogP contribution in [0.15, 0.2) is 27.9 Å². The molecule has 21 heavy (non-hydrogen) atoms. The van der Waals surface area contributed by atoms with Crippen molar-refractivity contribution in [1.82, 2.24) is 9.88 Å². The number of hydrogen-bond acceptors (Lipinski definition) is 5. The molecule has 0 fully saturated rings. The summed E-state index contributed by atoms with van der Waals surface area (Å²) in [6.45, 7) is 1.19. The first-order chi connectivity index (χ1) is 10.1. The molecule has 1 aromatic heterocycles. The van der Waals surface area contributed by atoms with Crippen molar-refractivity contribution < 1.29 is 4.65 Å². The summed E-state index contributed by atoms with van der Waals surface area (Å²) in [6, 6.07) is 0. The predicted octanol–water partition coefficient (Wildman–Crippen LogP) is 1.21. The van der Waals surface area contributed by atoms with Gasteiger partial charge in [0.1, 0.15) is 6.54 Å². The quantitative estimate of drug-likeness (QED) is 0.576. The molecule has 0 saturated heterocycles. The van der Waals surface area contributed by atoms with E-state index in [1.165, 1.54) is 5.70 Å². The van der Waals surface area contributed by atoms with Gasteiger partial charge in [-0.05, 0) is 12.2 Å². The lowest BCUT2D eigenvalue weighted by atomic mass is 9.98. The number of thioether (sulfide) groups is 1. The molecule has 0 bridgehead atoms. The molecule has 4 nitrogen and oxygen atoms in total. The van der Waals surface area contributed by atoms with E-state index in [1.54, 1.807) is 11.3 Å². The second-order valence-electron chi connectivity index (χ2n) is 5.81. The Balaban J connectivity index is 2.07. The lowest BCUT2D eigenvalue weighted by Gasteiger charge is -2.47. The van der Waals surface area contributed by atoms with Gasteiger partial charge in [0.05, 0.1) is 26.8 Å². The molecule has 1 unspecified atom stereocenters. The summed E-state index contributed by atoms with van der Waals surface area (Å²) in [5, 5.41) is 14.4. The Kier molecular flexibility index (Phi) is 3.04. The van der Waals surface area contributed by atoms with Gasteiger partial charge in [-0.1, -0.05) is 0 Å². The Labute approximate surface area is 131 Å². The molecule has 0 aromatic carbocycles. The molecular formula is C15H17N3OS2. The molecule has 1 aromatic rings. The molecule has 0 radical (unpaired) electrons. The second kappa shape index (κ2) is 4.71. The van der Waals surface area contributed by atoms with E-state index in [-0.39, 0.29) is 4.65 Å². The second-order valence-corrected chi connectivity index (χ2v) is 7.83. The van der Waals surface area contributed by atoms with Crippen LogP contribution >= 0.6 is 23.1 Å². The zero-order valence-electron chi connectivity index (χ0n) is 12.1. The zero-order valence-corrected chi connectivity index (χ0v) is 13.8. The number of hydrogen-bond donors (Lipinski definition) is 0. The number of thiazole rings is 1. The largest absolute Gasteiger partial charge is 0.627 e. The molecule has 3 heterocycles. The van der Waals surface area contributed by atoms with E-state index in [0.29, 0.717) is 13.1 Å². The third kappa shape index (κ3) is 2.01. The molecular weight excluding hydrogens is 302 g/mol.